The minimum atomic E-state index is -4.67. The van der Waals surface area contributed by atoms with Gasteiger partial charge in [-0.2, -0.15) is 8.42 Å². The van der Waals surface area contributed by atoms with E-state index in [9.17, 15) is 8.42 Å². The first-order chi connectivity index (χ1) is 9.38. The molecule has 1 rings (SSSR count). The highest BCUT2D eigenvalue weighted by Crippen LogP contribution is 2.15. The second-order valence-corrected chi connectivity index (χ2v) is 6.84. The lowest BCUT2D eigenvalue weighted by molar-refractivity contribution is 0.381. The summed E-state index contributed by atoms with van der Waals surface area (Å²) in [5.74, 6) is 0. The predicted octanol–water partition coefficient (Wildman–Crippen LogP) is -0.114. The zero-order valence-corrected chi connectivity index (χ0v) is 13.2. The van der Waals surface area contributed by atoms with Crippen LogP contribution in [0.5, 0.6) is 0 Å². The molecule has 1 aromatic rings. The summed E-state index contributed by atoms with van der Waals surface area (Å²) in [5, 5.41) is 3.10. The molecule has 0 heterocycles. The number of hydrogen-bond donors (Lipinski definition) is 5. The Hall–Kier alpha value is -1.40. The maximum absolute atomic E-state index is 10.8. The van der Waals surface area contributed by atoms with Gasteiger partial charge in [-0.1, -0.05) is 0 Å². The Bertz CT molecular complexity index is 649. The van der Waals surface area contributed by atoms with E-state index in [-0.39, 0.29) is 0 Å². The first kappa shape index (κ1) is 19.6. The van der Waals surface area contributed by atoms with Gasteiger partial charge in [0.1, 0.15) is 0 Å². The number of hydrogen-bond acceptors (Lipinski definition) is 6. The Labute approximate surface area is 124 Å². The van der Waals surface area contributed by atoms with Gasteiger partial charge in [-0.25, -0.2) is 13.1 Å². The first-order valence-electron chi connectivity index (χ1n) is 5.63. The predicted molar refractivity (Wildman–Crippen MR) is 81.1 cm³/mol. The normalized spacial score (nSPS) is 11.4. The molecule has 0 atom stereocenters. The van der Waals surface area contributed by atoms with E-state index in [4.69, 9.17) is 23.3 Å². The molecule has 0 radical (unpaired) electrons. The molecule has 122 valence electrons. The van der Waals surface area contributed by atoms with Crippen LogP contribution in [0.15, 0.2) is 18.2 Å². The highest BCUT2D eigenvalue weighted by Gasteiger charge is 1.99. The van der Waals surface area contributed by atoms with E-state index in [1.165, 1.54) is 0 Å². The molecular weight excluding hydrogens is 322 g/mol. The van der Waals surface area contributed by atoms with Crippen molar-refractivity contribution in [1.29, 1.82) is 0 Å². The molecule has 9 nitrogen and oxygen atoms in total. The molecule has 1 aromatic carbocycles. The largest absolute Gasteiger partial charge is 0.399 e. The molecule has 0 aromatic heterocycles. The lowest BCUT2D eigenvalue weighted by Crippen LogP contribution is -2.27. The molecule has 0 bridgehead atoms. The quantitative estimate of drug-likeness (QED) is 0.282. The van der Waals surface area contributed by atoms with Gasteiger partial charge in [0.15, 0.2) is 0 Å². The summed E-state index contributed by atoms with van der Waals surface area (Å²) < 4.78 is 55.6. The summed E-state index contributed by atoms with van der Waals surface area (Å²) in [7, 11) is -7.77. The molecule has 0 fully saturated rings. The molecular formula is C10H19N3O6S2. The highest BCUT2D eigenvalue weighted by molar-refractivity contribution is 7.88. The average molecular weight is 341 g/mol. The van der Waals surface area contributed by atoms with Crippen LogP contribution < -0.4 is 15.8 Å². The van der Waals surface area contributed by atoms with E-state index >= 15 is 0 Å². The molecule has 21 heavy (non-hydrogen) atoms. The molecule has 0 unspecified atom stereocenters. The maximum Gasteiger partial charge on any atom is 0.394 e. The van der Waals surface area contributed by atoms with E-state index in [1.54, 1.807) is 0 Å². The smallest absolute Gasteiger partial charge is 0.394 e. The van der Waals surface area contributed by atoms with E-state index in [2.05, 4.69) is 10.0 Å². The minimum Gasteiger partial charge on any atom is -0.399 e. The summed E-state index contributed by atoms with van der Waals surface area (Å²) in [5.41, 5.74) is 8.36. The second kappa shape index (κ2) is 8.14. The highest BCUT2D eigenvalue weighted by atomic mass is 32.3. The summed E-state index contributed by atoms with van der Waals surface area (Å²) >= 11 is 0. The van der Waals surface area contributed by atoms with Gasteiger partial charge in [0.05, 0.1) is 6.26 Å². The number of aryl methyl sites for hydroxylation is 1. The lowest BCUT2D eigenvalue weighted by atomic mass is 10.2. The first-order valence-corrected chi connectivity index (χ1v) is 8.92. The van der Waals surface area contributed by atoms with Gasteiger partial charge >= 0.3 is 10.4 Å². The van der Waals surface area contributed by atoms with Gasteiger partial charge in [-0.05, 0) is 30.7 Å². The van der Waals surface area contributed by atoms with Crippen LogP contribution in [-0.4, -0.2) is 45.3 Å². The molecule has 0 aliphatic carbocycles. The van der Waals surface area contributed by atoms with Crippen molar-refractivity contribution in [3.63, 3.8) is 0 Å². The van der Waals surface area contributed by atoms with Crippen molar-refractivity contribution in [2.24, 2.45) is 0 Å². The Balaban J connectivity index is 0.000000690. The van der Waals surface area contributed by atoms with Crippen LogP contribution in [0.2, 0.25) is 0 Å². The van der Waals surface area contributed by atoms with E-state index in [0.717, 1.165) is 23.2 Å². The second-order valence-electron chi connectivity index (χ2n) is 4.11. The Morgan fingerprint density at radius 2 is 1.67 bits per heavy atom. The third kappa shape index (κ3) is 13.3. The van der Waals surface area contributed by atoms with Gasteiger partial charge in [0, 0.05) is 24.5 Å². The van der Waals surface area contributed by atoms with Crippen LogP contribution in [0.4, 0.5) is 11.4 Å². The molecule has 0 aliphatic heterocycles. The Morgan fingerprint density at radius 3 is 2.10 bits per heavy atom. The fraction of sp³-hybridized carbons (Fsp3) is 0.400. The van der Waals surface area contributed by atoms with Crippen molar-refractivity contribution in [3.8, 4) is 0 Å². The Morgan fingerprint density at radius 1 is 1.14 bits per heavy atom. The summed E-state index contributed by atoms with van der Waals surface area (Å²) in [6.07, 6.45) is 1.14. The molecule has 0 saturated heterocycles. The maximum atomic E-state index is 10.8. The van der Waals surface area contributed by atoms with Crippen molar-refractivity contribution >= 4 is 31.8 Å². The number of nitrogen functional groups attached to an aromatic ring is 1. The van der Waals surface area contributed by atoms with Crippen molar-refractivity contribution < 1.29 is 25.9 Å². The number of rotatable bonds is 5. The van der Waals surface area contributed by atoms with E-state index < -0.39 is 20.4 Å². The monoisotopic (exact) mass is 341 g/mol. The fourth-order valence-electron chi connectivity index (χ4n) is 1.23. The van der Waals surface area contributed by atoms with Crippen LogP contribution in [0, 0.1) is 6.92 Å². The van der Waals surface area contributed by atoms with Gasteiger partial charge in [0.2, 0.25) is 10.0 Å². The third-order valence-electron chi connectivity index (χ3n) is 2.09. The van der Waals surface area contributed by atoms with Crippen molar-refractivity contribution in [3.05, 3.63) is 23.8 Å². The van der Waals surface area contributed by atoms with Crippen molar-refractivity contribution in [2.45, 2.75) is 6.92 Å². The van der Waals surface area contributed by atoms with Gasteiger partial charge in [-0.3, -0.25) is 9.11 Å². The number of benzene rings is 1. The lowest BCUT2D eigenvalue weighted by Gasteiger charge is -2.08. The number of nitrogens with two attached hydrogens (primary N) is 1. The molecule has 11 heteroatoms. The number of nitrogens with one attached hydrogen (secondary N) is 2. The van der Waals surface area contributed by atoms with Crippen LogP contribution in [0.3, 0.4) is 0 Å². The average Bonchev–Trinajstić information content (AvgIpc) is 2.26. The van der Waals surface area contributed by atoms with E-state index in [0.29, 0.717) is 13.1 Å². The zero-order valence-electron chi connectivity index (χ0n) is 11.6. The summed E-state index contributed by atoms with van der Waals surface area (Å²) in [6.45, 7) is 2.83. The summed E-state index contributed by atoms with van der Waals surface area (Å²) in [4.78, 5) is 0. The van der Waals surface area contributed by atoms with Crippen molar-refractivity contribution in [2.75, 3.05) is 30.4 Å². The van der Waals surface area contributed by atoms with Crippen LogP contribution in [0.1, 0.15) is 5.56 Å². The molecule has 0 saturated carbocycles. The topological polar surface area (TPSA) is 159 Å². The molecule has 0 amide bonds. The zero-order chi connectivity index (χ0) is 16.7. The fourth-order valence-corrected chi connectivity index (χ4v) is 1.70. The number of anilines is 2. The molecule has 0 aliphatic rings. The Kier molecular flexibility index (Phi) is 7.60. The van der Waals surface area contributed by atoms with Gasteiger partial charge in [0.25, 0.3) is 0 Å². The van der Waals surface area contributed by atoms with Crippen molar-refractivity contribution in [1.82, 2.24) is 4.72 Å². The third-order valence-corrected chi connectivity index (χ3v) is 2.82. The van der Waals surface area contributed by atoms with Crippen LogP contribution in [-0.2, 0) is 20.4 Å². The van der Waals surface area contributed by atoms with Gasteiger partial charge < -0.3 is 11.1 Å². The van der Waals surface area contributed by atoms with E-state index in [1.807, 2.05) is 25.1 Å². The SMILES string of the molecule is Cc1cc(NCCNS(C)(=O)=O)ccc1N.O=S(=O)(O)O. The molecule has 0 spiro atoms. The van der Waals surface area contributed by atoms with Crippen LogP contribution in [0.25, 0.3) is 0 Å². The summed E-state index contributed by atoms with van der Waals surface area (Å²) in [6, 6.07) is 5.61. The van der Waals surface area contributed by atoms with Gasteiger partial charge in [-0.15, -0.1) is 0 Å². The molecule has 6 N–H and O–H groups in total. The number of sulfonamides is 1. The standard InChI is InChI=1S/C10H17N3O2S.H2O4S/c1-8-7-9(3-4-10(8)11)12-5-6-13-16(2,14)15;1-5(2,3)4/h3-4,7,12-13H,5-6,11H2,1-2H3;(H2,1,2,3,4). The van der Waals surface area contributed by atoms with Crippen LogP contribution >= 0.6 is 0 Å². The minimum absolute atomic E-state index is 0.363.